The van der Waals surface area contributed by atoms with Crippen LogP contribution in [-0.2, 0) is 14.8 Å². The first-order chi connectivity index (χ1) is 17.6. The maximum Gasteiger partial charge on any atom is 0.335 e. The average Bonchev–Trinajstić information content (AvgIpc) is 3.34. The van der Waals surface area contributed by atoms with Crippen LogP contribution in [0.4, 0.5) is 10.5 Å². The topological polar surface area (TPSA) is 157 Å². The van der Waals surface area contributed by atoms with Crippen LogP contribution in [0.3, 0.4) is 0 Å². The Morgan fingerprint density at radius 1 is 1.03 bits per heavy atom. The fourth-order valence-corrected chi connectivity index (χ4v) is 6.23. The van der Waals surface area contributed by atoms with E-state index in [1.807, 2.05) is 0 Å². The van der Waals surface area contributed by atoms with E-state index >= 15 is 0 Å². The van der Waals surface area contributed by atoms with E-state index in [9.17, 15) is 22.8 Å². The number of hydrogen-bond acceptors (Lipinski definition) is 7. The molecule has 3 aliphatic rings. The van der Waals surface area contributed by atoms with E-state index in [-0.39, 0.29) is 23.5 Å². The second-order valence-corrected chi connectivity index (χ2v) is 12.1. The van der Waals surface area contributed by atoms with Crippen LogP contribution in [-0.4, -0.2) is 121 Å². The third kappa shape index (κ3) is 6.40. The number of aromatic carboxylic acids is 1. The van der Waals surface area contributed by atoms with Gasteiger partial charge in [-0.25, -0.2) is 18.0 Å². The van der Waals surface area contributed by atoms with Crippen LogP contribution >= 0.6 is 0 Å². The molecule has 3 fully saturated rings. The number of carboxylic acids is 1. The molecule has 0 aromatic heterocycles. The number of piperidine rings is 1. The van der Waals surface area contributed by atoms with Gasteiger partial charge in [0.05, 0.1) is 11.8 Å². The normalized spacial score (nSPS) is 24.3. The largest absolute Gasteiger partial charge is 0.478 e. The Kier molecular flexibility index (Phi) is 8.36. The minimum absolute atomic E-state index is 0.0719. The predicted octanol–water partition coefficient (Wildman–Crippen LogP) is 0.134. The molecule has 4 rings (SSSR count). The van der Waals surface area contributed by atoms with Gasteiger partial charge >= 0.3 is 12.0 Å². The van der Waals surface area contributed by atoms with Crippen molar-refractivity contribution < 1.29 is 27.9 Å². The highest BCUT2D eigenvalue weighted by Gasteiger charge is 2.44. The Hall–Kier alpha value is -2.74. The van der Waals surface area contributed by atoms with Crippen molar-refractivity contribution in [1.82, 2.24) is 19.0 Å². The molecule has 3 saturated heterocycles. The van der Waals surface area contributed by atoms with Gasteiger partial charge in [0.25, 0.3) is 0 Å². The van der Waals surface area contributed by atoms with E-state index in [2.05, 4.69) is 10.2 Å². The number of nitrogens with zero attached hydrogens (tertiary/aromatic N) is 4. The predicted molar refractivity (Wildman–Crippen MR) is 138 cm³/mol. The monoisotopic (exact) mass is 536 g/mol. The number of carbonyl (C=O) groups excluding carboxylic acids is 2. The molecule has 1 unspecified atom stereocenters. The molecular formula is C24H36N6O6S. The molecule has 13 heteroatoms. The summed E-state index contributed by atoms with van der Waals surface area (Å²) in [7, 11) is -3.26. The lowest BCUT2D eigenvalue weighted by atomic mass is 9.97. The average molecular weight is 537 g/mol. The molecule has 0 spiro atoms. The van der Waals surface area contributed by atoms with Gasteiger partial charge in [-0.3, -0.25) is 9.69 Å². The highest BCUT2D eigenvalue weighted by molar-refractivity contribution is 7.88. The fourth-order valence-electron chi connectivity index (χ4n) is 5.40. The number of benzene rings is 1. The van der Waals surface area contributed by atoms with Crippen molar-refractivity contribution in [3.05, 3.63) is 29.8 Å². The first-order valence-electron chi connectivity index (χ1n) is 12.7. The summed E-state index contributed by atoms with van der Waals surface area (Å²) in [6, 6.07) is 4.95. The molecule has 2 atom stereocenters. The molecule has 3 aliphatic heterocycles. The zero-order valence-electron chi connectivity index (χ0n) is 21.1. The molecule has 1 aromatic carbocycles. The van der Waals surface area contributed by atoms with Crippen LogP contribution in [0.2, 0.25) is 0 Å². The lowest BCUT2D eigenvalue weighted by Gasteiger charge is -2.37. The SMILES string of the molecule is CS(=O)(=O)N1CCN(C2C[C@@H](C(=O)Nc3ccc(C(=O)O)cc3)N(C(=O)N3CCC(CN)CC3)C2)CC1. The molecule has 0 bridgehead atoms. The number of carboxylic acid groups (broad SMARTS) is 1. The molecule has 12 nitrogen and oxygen atoms in total. The summed E-state index contributed by atoms with van der Waals surface area (Å²) in [5, 5.41) is 11.9. The molecular weight excluding hydrogens is 500 g/mol. The summed E-state index contributed by atoms with van der Waals surface area (Å²) in [5.74, 6) is -0.984. The van der Waals surface area contributed by atoms with E-state index in [0.717, 1.165) is 12.8 Å². The summed E-state index contributed by atoms with van der Waals surface area (Å²) in [6.07, 6.45) is 3.30. The second-order valence-electron chi connectivity index (χ2n) is 10.1. The van der Waals surface area contributed by atoms with Crippen LogP contribution in [0, 0.1) is 5.92 Å². The van der Waals surface area contributed by atoms with E-state index < -0.39 is 22.0 Å². The first-order valence-corrected chi connectivity index (χ1v) is 14.5. The van der Waals surface area contributed by atoms with Gasteiger partial charge in [-0.2, -0.15) is 4.31 Å². The minimum atomic E-state index is -3.26. The highest BCUT2D eigenvalue weighted by atomic mass is 32.2. The summed E-state index contributed by atoms with van der Waals surface area (Å²) >= 11 is 0. The molecule has 204 valence electrons. The smallest absolute Gasteiger partial charge is 0.335 e. The van der Waals surface area contributed by atoms with Gasteiger partial charge in [0.2, 0.25) is 15.9 Å². The van der Waals surface area contributed by atoms with Gasteiger partial charge in [-0.1, -0.05) is 0 Å². The van der Waals surface area contributed by atoms with Crippen LogP contribution < -0.4 is 11.1 Å². The third-order valence-electron chi connectivity index (χ3n) is 7.70. The Labute approximate surface area is 217 Å². The van der Waals surface area contributed by atoms with Gasteiger partial charge in [-0.05, 0) is 56.0 Å². The lowest BCUT2D eigenvalue weighted by Crippen LogP contribution is -2.53. The third-order valence-corrected chi connectivity index (χ3v) is 9.01. The van der Waals surface area contributed by atoms with Gasteiger partial charge in [0, 0.05) is 57.5 Å². The quantitative estimate of drug-likeness (QED) is 0.463. The van der Waals surface area contributed by atoms with Crippen molar-refractivity contribution in [3.63, 3.8) is 0 Å². The Balaban J connectivity index is 1.47. The standard InChI is InChI=1S/C24H36N6O6S/c1-37(35,36)29-12-10-27(11-13-29)20-14-21(22(31)26-19-4-2-18(3-5-19)23(32)33)30(16-20)24(34)28-8-6-17(15-25)7-9-28/h2-5,17,20-21H,6-16,25H2,1H3,(H,26,31)(H,32,33)/t20?,21-/m0/s1. The van der Waals surface area contributed by atoms with E-state index in [1.165, 1.54) is 34.8 Å². The van der Waals surface area contributed by atoms with E-state index in [1.54, 1.807) is 9.80 Å². The van der Waals surface area contributed by atoms with E-state index in [0.29, 0.717) is 70.4 Å². The van der Waals surface area contributed by atoms with Gasteiger partial charge in [0.15, 0.2) is 0 Å². The van der Waals surface area contributed by atoms with Crippen molar-refractivity contribution in [3.8, 4) is 0 Å². The first kappa shape index (κ1) is 27.3. The molecule has 0 radical (unpaired) electrons. The number of sulfonamides is 1. The summed E-state index contributed by atoms with van der Waals surface area (Å²) in [6.45, 7) is 3.99. The van der Waals surface area contributed by atoms with Crippen LogP contribution in [0.1, 0.15) is 29.6 Å². The lowest BCUT2D eigenvalue weighted by molar-refractivity contribution is -0.119. The molecule has 1 aromatic rings. The number of amides is 3. The van der Waals surface area contributed by atoms with Crippen molar-refractivity contribution in [1.29, 1.82) is 0 Å². The van der Waals surface area contributed by atoms with E-state index in [4.69, 9.17) is 10.8 Å². The number of piperazine rings is 1. The summed E-state index contributed by atoms with van der Waals surface area (Å²) in [4.78, 5) is 43.7. The molecule has 0 saturated carbocycles. The molecule has 3 heterocycles. The number of urea groups is 1. The Morgan fingerprint density at radius 2 is 1.65 bits per heavy atom. The number of carbonyl (C=O) groups is 3. The van der Waals surface area contributed by atoms with Crippen LogP contribution in [0.15, 0.2) is 24.3 Å². The number of hydrogen-bond donors (Lipinski definition) is 3. The van der Waals surface area contributed by atoms with Crippen LogP contribution in [0.25, 0.3) is 0 Å². The zero-order valence-corrected chi connectivity index (χ0v) is 21.9. The fraction of sp³-hybridized carbons (Fsp3) is 0.625. The Morgan fingerprint density at radius 3 is 2.19 bits per heavy atom. The van der Waals surface area contributed by atoms with Gasteiger partial charge < -0.3 is 26.0 Å². The molecule has 0 aliphatic carbocycles. The Bertz CT molecular complexity index is 1100. The number of nitrogens with one attached hydrogen (secondary N) is 1. The maximum absolute atomic E-state index is 13.6. The molecule has 3 amide bonds. The van der Waals surface area contributed by atoms with Crippen molar-refractivity contribution in [2.45, 2.75) is 31.3 Å². The molecule has 37 heavy (non-hydrogen) atoms. The summed E-state index contributed by atoms with van der Waals surface area (Å²) in [5.41, 5.74) is 6.37. The number of nitrogens with two attached hydrogens (primary N) is 1. The highest BCUT2D eigenvalue weighted by Crippen LogP contribution is 2.28. The van der Waals surface area contributed by atoms with Gasteiger partial charge in [-0.15, -0.1) is 0 Å². The van der Waals surface area contributed by atoms with Crippen molar-refractivity contribution in [2.75, 3.05) is 63.9 Å². The van der Waals surface area contributed by atoms with Crippen LogP contribution in [0.5, 0.6) is 0 Å². The maximum atomic E-state index is 13.6. The minimum Gasteiger partial charge on any atom is -0.478 e. The van der Waals surface area contributed by atoms with Gasteiger partial charge in [0.1, 0.15) is 6.04 Å². The second kappa shape index (κ2) is 11.3. The summed E-state index contributed by atoms with van der Waals surface area (Å²) < 4.78 is 25.3. The van der Waals surface area contributed by atoms with Crippen molar-refractivity contribution in [2.24, 2.45) is 11.7 Å². The zero-order chi connectivity index (χ0) is 26.7. The van der Waals surface area contributed by atoms with Crippen molar-refractivity contribution >= 4 is 33.6 Å². The number of rotatable bonds is 6. The molecule has 4 N–H and O–H groups in total. The number of likely N-dealkylation sites (tertiary alicyclic amines) is 2. The number of anilines is 1.